The van der Waals surface area contributed by atoms with Crippen molar-refractivity contribution in [3.8, 4) is 16.2 Å². The second-order valence-corrected chi connectivity index (χ2v) is 4.24. The first kappa shape index (κ1) is 10.9. The highest BCUT2D eigenvalue weighted by Gasteiger charge is 2.10. The molecule has 0 spiro atoms. The van der Waals surface area contributed by atoms with Crippen LogP contribution in [0.3, 0.4) is 0 Å². The molecule has 1 rings (SSSR count). The normalized spacial score (nSPS) is 8.64. The summed E-state index contributed by atoms with van der Waals surface area (Å²) in [6, 6.07) is 1.71. The summed E-state index contributed by atoms with van der Waals surface area (Å²) in [5, 5.41) is 31.9. The van der Waals surface area contributed by atoms with Gasteiger partial charge < -0.3 is 0 Å². The maximum atomic E-state index is 8.54. The van der Waals surface area contributed by atoms with Gasteiger partial charge in [-0.25, -0.2) is 0 Å². The van der Waals surface area contributed by atoms with Crippen molar-refractivity contribution in [1.29, 1.82) is 15.8 Å². The van der Waals surface area contributed by atoms with E-state index in [0.717, 1.165) is 35.5 Å². The van der Waals surface area contributed by atoms with E-state index in [1.807, 2.05) is 16.2 Å². The molecule has 0 N–H and O–H groups in total. The quantitative estimate of drug-likeness (QED) is 0.595. The molecule has 68 valence electrons. The van der Waals surface area contributed by atoms with Crippen molar-refractivity contribution in [3.05, 3.63) is 12.3 Å². The van der Waals surface area contributed by atoms with Gasteiger partial charge >= 0.3 is 0 Å². The second kappa shape index (κ2) is 5.51. The Hall–Kier alpha value is -1.20. The van der Waals surface area contributed by atoms with E-state index in [4.69, 9.17) is 15.8 Å². The topological polar surface area (TPSA) is 76.3 Å². The summed E-state index contributed by atoms with van der Waals surface area (Å²) in [4.78, 5) is 0.696. The first-order valence-electron chi connectivity index (χ1n) is 3.23. The molecule has 1 heterocycles. The molecule has 0 atom stereocenters. The Morgan fingerprint density at radius 3 is 2.36 bits per heavy atom. The largest absolute Gasteiger partial charge is 0.271 e. The molecule has 0 aromatic carbocycles. The minimum atomic E-state index is 0.616. The summed E-state index contributed by atoms with van der Waals surface area (Å²) < 4.78 is 1.56. The predicted octanol–water partition coefficient (Wildman–Crippen LogP) is 2.61. The lowest BCUT2D eigenvalue weighted by Gasteiger charge is -1.98. The first-order chi connectivity index (χ1) is 6.83. The molecular formula is C7H2N4S3. The third-order valence-electron chi connectivity index (χ3n) is 1.21. The van der Waals surface area contributed by atoms with Crippen LogP contribution in [-0.2, 0) is 0 Å². The third kappa shape index (κ3) is 2.40. The Balaban J connectivity index is 3.04. The van der Waals surface area contributed by atoms with Crippen LogP contribution >= 0.6 is 35.5 Å². The highest BCUT2D eigenvalue weighted by molar-refractivity contribution is 8.07. The minimum Gasteiger partial charge on any atom is -0.271 e. The molecule has 0 fully saturated rings. The summed E-state index contributed by atoms with van der Waals surface area (Å²) in [7, 11) is 0. The first-order valence-corrected chi connectivity index (χ1v) is 5.63. The summed E-state index contributed by atoms with van der Waals surface area (Å²) in [5.41, 5.74) is 0. The number of hydrogen-bond donors (Lipinski definition) is 0. The van der Waals surface area contributed by atoms with E-state index in [1.54, 1.807) is 16.2 Å². The summed E-state index contributed by atoms with van der Waals surface area (Å²) in [5.74, 6) is 0. The minimum absolute atomic E-state index is 0.616. The van der Waals surface area contributed by atoms with E-state index in [-0.39, 0.29) is 0 Å². The molecule has 1 aromatic rings. The number of thioether (sulfide) groups is 2. The molecule has 7 heteroatoms. The molecule has 0 amide bonds. The van der Waals surface area contributed by atoms with E-state index in [1.165, 1.54) is 0 Å². The average Bonchev–Trinajstić information content (AvgIpc) is 2.52. The van der Waals surface area contributed by atoms with Crippen LogP contribution in [0.2, 0.25) is 0 Å². The number of hydrogen-bond acceptors (Lipinski definition) is 6. The van der Waals surface area contributed by atoms with Gasteiger partial charge in [0.15, 0.2) is 5.40 Å². The van der Waals surface area contributed by atoms with Gasteiger partial charge in [0.05, 0.1) is 16.8 Å². The molecule has 0 aliphatic heterocycles. The smallest absolute Gasteiger partial charge is 0.156 e. The lowest BCUT2D eigenvalue weighted by molar-refractivity contribution is 1.06. The molecule has 0 saturated carbocycles. The Morgan fingerprint density at radius 2 is 1.79 bits per heavy atom. The van der Waals surface area contributed by atoms with Crippen LogP contribution in [0, 0.1) is 32.0 Å². The van der Waals surface area contributed by atoms with E-state index in [0.29, 0.717) is 9.92 Å². The van der Waals surface area contributed by atoms with Crippen molar-refractivity contribution in [2.24, 2.45) is 0 Å². The molecule has 0 saturated heterocycles. The van der Waals surface area contributed by atoms with E-state index < -0.39 is 0 Å². The van der Waals surface area contributed by atoms with Gasteiger partial charge in [0.25, 0.3) is 0 Å². The van der Waals surface area contributed by atoms with Gasteiger partial charge in [-0.2, -0.15) is 15.8 Å². The van der Waals surface area contributed by atoms with Crippen LogP contribution in [0.4, 0.5) is 0 Å². The van der Waals surface area contributed by atoms with Crippen LogP contribution in [-0.4, -0.2) is 3.97 Å². The third-order valence-corrected chi connectivity index (χ3v) is 3.38. The number of rotatable bonds is 3. The fourth-order valence-corrected chi connectivity index (χ4v) is 2.51. The summed E-state index contributed by atoms with van der Waals surface area (Å²) in [6.45, 7) is 0. The van der Waals surface area contributed by atoms with Crippen molar-refractivity contribution < 1.29 is 0 Å². The molecule has 14 heavy (non-hydrogen) atoms. The van der Waals surface area contributed by atoms with Crippen LogP contribution in [0.1, 0.15) is 0 Å². The molecule has 0 bridgehead atoms. The van der Waals surface area contributed by atoms with Crippen LogP contribution in [0.15, 0.2) is 22.2 Å². The Morgan fingerprint density at radius 1 is 1.07 bits per heavy atom. The maximum absolute atomic E-state index is 8.54. The van der Waals surface area contributed by atoms with Gasteiger partial charge in [0.1, 0.15) is 15.8 Å². The molecule has 0 aliphatic rings. The molecule has 0 unspecified atom stereocenters. The summed E-state index contributed by atoms with van der Waals surface area (Å²) in [6.07, 6.45) is 1.66. The predicted molar refractivity (Wildman–Crippen MR) is 56.0 cm³/mol. The Kier molecular flexibility index (Phi) is 4.28. The van der Waals surface area contributed by atoms with Gasteiger partial charge in [0, 0.05) is 18.0 Å². The molecular weight excluding hydrogens is 236 g/mol. The average molecular weight is 238 g/mol. The zero-order valence-electron chi connectivity index (χ0n) is 6.67. The monoisotopic (exact) mass is 238 g/mol. The van der Waals surface area contributed by atoms with Gasteiger partial charge in [0.2, 0.25) is 0 Å². The van der Waals surface area contributed by atoms with Crippen molar-refractivity contribution in [2.45, 2.75) is 9.92 Å². The Labute approximate surface area is 93.6 Å². The highest BCUT2D eigenvalue weighted by atomic mass is 32.2. The highest BCUT2D eigenvalue weighted by Crippen LogP contribution is 2.33. The zero-order chi connectivity index (χ0) is 10.4. The van der Waals surface area contributed by atoms with Crippen LogP contribution in [0.5, 0.6) is 0 Å². The molecule has 0 radical (unpaired) electrons. The number of thiocyanates is 3. The zero-order valence-corrected chi connectivity index (χ0v) is 9.12. The van der Waals surface area contributed by atoms with Crippen molar-refractivity contribution in [2.75, 3.05) is 0 Å². The molecule has 4 nitrogen and oxygen atoms in total. The molecule has 0 aliphatic carbocycles. The van der Waals surface area contributed by atoms with Crippen LogP contribution < -0.4 is 0 Å². The van der Waals surface area contributed by atoms with Crippen molar-refractivity contribution in [1.82, 2.24) is 3.97 Å². The number of nitriles is 3. The second-order valence-electron chi connectivity index (χ2n) is 1.88. The molecule has 1 aromatic heterocycles. The van der Waals surface area contributed by atoms with Gasteiger partial charge in [-0.3, -0.25) is 3.97 Å². The van der Waals surface area contributed by atoms with Crippen LogP contribution in [0.25, 0.3) is 0 Å². The fraction of sp³-hybridized carbons (Fsp3) is 0. The van der Waals surface area contributed by atoms with Crippen molar-refractivity contribution >= 4 is 35.5 Å². The van der Waals surface area contributed by atoms with Crippen molar-refractivity contribution in [3.63, 3.8) is 0 Å². The number of aromatic nitrogens is 1. The summed E-state index contributed by atoms with van der Waals surface area (Å²) >= 11 is 2.83. The lowest BCUT2D eigenvalue weighted by Crippen LogP contribution is -1.83. The maximum Gasteiger partial charge on any atom is 0.156 e. The standard InChI is InChI=1S/C7H2N4S3/c8-3-12-6-1-2-11(14-5-10)7(6)13-4-9/h1-2H. The van der Waals surface area contributed by atoms with Gasteiger partial charge in [-0.15, -0.1) is 0 Å². The van der Waals surface area contributed by atoms with E-state index in [2.05, 4.69) is 0 Å². The van der Waals surface area contributed by atoms with Gasteiger partial charge in [-0.1, -0.05) is 0 Å². The SMILES string of the molecule is N#CSc1ccn(SC#N)c1SC#N. The number of nitrogens with zero attached hydrogens (tertiary/aromatic N) is 4. The fourth-order valence-electron chi connectivity index (χ4n) is 0.764. The lowest BCUT2D eigenvalue weighted by atomic mass is 10.7. The van der Waals surface area contributed by atoms with Gasteiger partial charge in [-0.05, 0) is 17.8 Å². The van der Waals surface area contributed by atoms with E-state index in [9.17, 15) is 0 Å². The Bertz CT molecular complexity index is 411. The van der Waals surface area contributed by atoms with E-state index >= 15 is 0 Å².